The third-order valence-corrected chi connectivity index (χ3v) is 9.71. The first kappa shape index (κ1) is 27.6. The molecule has 6 nitrogen and oxygen atoms in total. The molecule has 4 aromatic rings. The fraction of sp³-hybridized carbons (Fsp3) is 0.133. The molecular formula is C30H27N3O3PPt-. The molecule has 196 valence electrons. The Balaban J connectivity index is 0.000000375. The summed E-state index contributed by atoms with van der Waals surface area (Å²) < 4.78 is 15.0. The molecule has 2 aliphatic heterocycles. The molecule has 3 heterocycles. The number of allylic oxidation sites excluding steroid dienone is 2. The molecule has 0 spiro atoms. The number of fused-ring (bicyclic) bond motifs is 4. The first-order valence-electron chi connectivity index (χ1n) is 11.9. The minimum Gasteiger partial charge on any atom is -0.512 e. The van der Waals surface area contributed by atoms with E-state index in [1.807, 2.05) is 74.8 Å². The third-order valence-electron chi connectivity index (χ3n) is 6.53. The Hall–Kier alpha value is -3.46. The first-order chi connectivity index (χ1) is 17.7. The Bertz CT molecular complexity index is 1520. The molecule has 3 aromatic carbocycles. The first-order valence-corrected chi connectivity index (χ1v) is 13.6. The number of aromatic nitrogens is 1. The molecule has 0 aliphatic carbocycles. The van der Waals surface area contributed by atoms with E-state index >= 15 is 0 Å². The number of aliphatic hydroxyl groups is 1. The predicted octanol–water partition coefficient (Wildman–Crippen LogP) is 5.39. The van der Waals surface area contributed by atoms with Gasteiger partial charge in [0.1, 0.15) is 7.14 Å². The van der Waals surface area contributed by atoms with Crippen LogP contribution in [0.15, 0.2) is 90.8 Å². The predicted molar refractivity (Wildman–Crippen MR) is 151 cm³/mol. The van der Waals surface area contributed by atoms with Gasteiger partial charge in [0.15, 0.2) is 5.78 Å². The fourth-order valence-electron chi connectivity index (χ4n) is 4.96. The summed E-state index contributed by atoms with van der Waals surface area (Å²) in [5.41, 5.74) is 5.51. The van der Waals surface area contributed by atoms with Gasteiger partial charge < -0.3 is 24.5 Å². The maximum atomic E-state index is 15.0. The summed E-state index contributed by atoms with van der Waals surface area (Å²) >= 11 is 0. The molecule has 1 N–H and O–H groups in total. The zero-order chi connectivity index (χ0) is 26.3. The smallest absolute Gasteiger partial charge is 0.155 e. The molecule has 6 rings (SSSR count). The van der Waals surface area contributed by atoms with Gasteiger partial charge in [-0.3, -0.25) is 4.79 Å². The van der Waals surface area contributed by atoms with E-state index in [2.05, 4.69) is 33.0 Å². The Morgan fingerprint density at radius 2 is 1.47 bits per heavy atom. The summed E-state index contributed by atoms with van der Waals surface area (Å²) in [6.45, 7) is 2.85. The van der Waals surface area contributed by atoms with Gasteiger partial charge in [-0.2, -0.15) is 0 Å². The quantitative estimate of drug-likeness (QED) is 0.131. The minimum atomic E-state index is -3.04. The van der Waals surface area contributed by atoms with Crippen molar-refractivity contribution < 1.29 is 35.5 Å². The number of anilines is 4. The van der Waals surface area contributed by atoms with Gasteiger partial charge in [0.2, 0.25) is 0 Å². The van der Waals surface area contributed by atoms with Crippen molar-refractivity contribution in [3.05, 3.63) is 96.9 Å². The van der Waals surface area contributed by atoms with E-state index in [1.165, 1.54) is 19.9 Å². The van der Waals surface area contributed by atoms with E-state index in [4.69, 9.17) is 5.11 Å². The number of carbonyl (C=O) groups excluding carboxylic acids is 1. The van der Waals surface area contributed by atoms with E-state index in [0.29, 0.717) is 0 Å². The molecule has 38 heavy (non-hydrogen) atoms. The van der Waals surface area contributed by atoms with Gasteiger partial charge in [-0.25, -0.2) is 0 Å². The van der Waals surface area contributed by atoms with Crippen molar-refractivity contribution in [2.75, 3.05) is 23.9 Å². The van der Waals surface area contributed by atoms with Gasteiger partial charge in [-0.15, -0.1) is 17.7 Å². The van der Waals surface area contributed by atoms with Gasteiger partial charge in [-0.1, -0.05) is 36.4 Å². The summed E-state index contributed by atoms with van der Waals surface area (Å²) in [5, 5.41) is 11.0. The Morgan fingerprint density at radius 3 is 2.00 bits per heavy atom. The Kier molecular flexibility index (Phi) is 7.78. The van der Waals surface area contributed by atoms with Crippen molar-refractivity contribution >= 4 is 51.6 Å². The third kappa shape index (κ3) is 4.53. The fourth-order valence-corrected chi connectivity index (χ4v) is 8.43. The van der Waals surface area contributed by atoms with Crippen LogP contribution in [-0.2, 0) is 30.4 Å². The summed E-state index contributed by atoms with van der Waals surface area (Å²) in [6, 6.07) is 27.6. The van der Waals surface area contributed by atoms with Crippen LogP contribution in [0, 0.1) is 6.07 Å². The topological polar surface area (TPSA) is 73.7 Å². The van der Waals surface area contributed by atoms with Crippen LogP contribution in [0.5, 0.6) is 0 Å². The number of hydrogen-bond acceptors (Lipinski definition) is 6. The van der Waals surface area contributed by atoms with Crippen LogP contribution in [0.4, 0.5) is 22.7 Å². The number of rotatable bonds is 2. The van der Waals surface area contributed by atoms with Gasteiger partial charge in [0.05, 0.1) is 17.1 Å². The molecule has 0 fully saturated rings. The van der Waals surface area contributed by atoms with Crippen LogP contribution in [-0.4, -0.2) is 30.0 Å². The molecule has 1 aromatic heterocycles. The van der Waals surface area contributed by atoms with Crippen molar-refractivity contribution in [3.63, 3.8) is 0 Å². The monoisotopic (exact) mass is 703 g/mol. The molecule has 0 saturated heterocycles. The number of carbonyl (C=O) groups is 1. The average Bonchev–Trinajstić information content (AvgIpc) is 2.90. The standard InChI is InChI=1S/C25H19N3OP.C5H8O2.Pt/c1-27-19-10-3-5-12-23(19)30(29)24-13-6-4-11-20(24)28(2)22-16-17(15-21(27)25(22)30)18-9-7-8-14-26-18;1-4(6)3-5(2)7;/h3-15H,1-2H3;3,6H,1-2H3;/q-1;;/b;4-3-;. The maximum Gasteiger partial charge on any atom is 0.155 e. The Labute approximate surface area is 237 Å². The number of pyridine rings is 1. The molecule has 0 radical (unpaired) electrons. The van der Waals surface area contributed by atoms with Crippen LogP contribution in [0.3, 0.4) is 0 Å². The number of para-hydroxylation sites is 2. The summed E-state index contributed by atoms with van der Waals surface area (Å²) in [6.07, 6.45) is 2.96. The summed E-state index contributed by atoms with van der Waals surface area (Å²) in [5.74, 6) is -0.0625. The van der Waals surface area contributed by atoms with Crippen molar-refractivity contribution in [2.24, 2.45) is 0 Å². The van der Waals surface area contributed by atoms with E-state index in [0.717, 1.165) is 49.9 Å². The van der Waals surface area contributed by atoms with Gasteiger partial charge >= 0.3 is 0 Å². The van der Waals surface area contributed by atoms with Crippen LogP contribution in [0.1, 0.15) is 13.8 Å². The van der Waals surface area contributed by atoms with Crippen molar-refractivity contribution in [1.82, 2.24) is 4.98 Å². The molecule has 0 saturated carbocycles. The van der Waals surface area contributed by atoms with E-state index in [-0.39, 0.29) is 32.6 Å². The van der Waals surface area contributed by atoms with Crippen molar-refractivity contribution in [3.8, 4) is 11.3 Å². The number of nitrogens with zero attached hydrogens (tertiary/aromatic N) is 3. The molecule has 0 amide bonds. The second-order valence-electron chi connectivity index (χ2n) is 9.08. The summed E-state index contributed by atoms with van der Waals surface area (Å²) in [7, 11) is 1.03. The Morgan fingerprint density at radius 1 is 0.895 bits per heavy atom. The molecule has 2 aliphatic rings. The molecule has 1 atom stereocenters. The van der Waals surface area contributed by atoms with Crippen molar-refractivity contribution in [1.29, 1.82) is 0 Å². The van der Waals surface area contributed by atoms with Crippen molar-refractivity contribution in [2.45, 2.75) is 13.8 Å². The molecule has 0 bridgehead atoms. The second-order valence-corrected chi connectivity index (χ2v) is 11.7. The number of ketones is 1. The van der Waals surface area contributed by atoms with Crippen LogP contribution < -0.4 is 25.7 Å². The molecular weight excluding hydrogens is 676 g/mol. The second kappa shape index (κ2) is 10.7. The zero-order valence-corrected chi connectivity index (χ0v) is 24.6. The number of benzene rings is 3. The van der Waals surface area contributed by atoms with Gasteiger partial charge in [0, 0.05) is 58.0 Å². The number of aliphatic hydroxyl groups excluding tert-OH is 1. The van der Waals surface area contributed by atoms with E-state index in [9.17, 15) is 9.36 Å². The maximum absolute atomic E-state index is 15.0. The van der Waals surface area contributed by atoms with Crippen LogP contribution in [0.2, 0.25) is 0 Å². The van der Waals surface area contributed by atoms with Gasteiger partial charge in [-0.05, 0) is 66.6 Å². The van der Waals surface area contributed by atoms with E-state index < -0.39 is 7.14 Å². The average molecular weight is 704 g/mol. The largest absolute Gasteiger partial charge is 0.512 e. The molecule has 1 unspecified atom stereocenters. The van der Waals surface area contributed by atoms with E-state index in [1.54, 1.807) is 6.20 Å². The van der Waals surface area contributed by atoms with Crippen LogP contribution >= 0.6 is 7.14 Å². The normalized spacial score (nSPS) is 16.7. The minimum absolute atomic E-state index is 0. The molecule has 8 heteroatoms. The SMILES string of the molecule is CC(=O)/C=C(/C)O.CN1c2[c-]c(-c3ccccn3)cc3c2P(=O)(c2ccccc21)c1ccccc1N3C.[Pt]. The summed E-state index contributed by atoms with van der Waals surface area (Å²) in [4.78, 5) is 18.8. The van der Waals surface area contributed by atoms with Gasteiger partial charge in [0.25, 0.3) is 0 Å². The van der Waals surface area contributed by atoms with Crippen LogP contribution in [0.25, 0.3) is 11.3 Å². The zero-order valence-electron chi connectivity index (χ0n) is 21.5. The number of hydrogen-bond donors (Lipinski definition) is 1.